The van der Waals surface area contributed by atoms with Crippen molar-refractivity contribution in [2.24, 2.45) is 0 Å². The number of aromatic nitrogens is 4. The molecule has 2 aromatic heterocycles. The van der Waals surface area contributed by atoms with Gasteiger partial charge in [-0.1, -0.05) is 0 Å². The van der Waals surface area contributed by atoms with Crippen molar-refractivity contribution in [1.29, 1.82) is 0 Å². The van der Waals surface area contributed by atoms with E-state index in [9.17, 15) is 4.79 Å². The summed E-state index contributed by atoms with van der Waals surface area (Å²) in [7, 11) is 1.30. The van der Waals surface area contributed by atoms with Crippen LogP contribution in [0.2, 0.25) is 0 Å². The summed E-state index contributed by atoms with van der Waals surface area (Å²) < 4.78 is 4.53. The quantitative estimate of drug-likeness (QED) is 0.791. The predicted molar refractivity (Wildman–Crippen MR) is 62.7 cm³/mol. The van der Waals surface area contributed by atoms with Crippen LogP contribution in [-0.2, 0) is 11.3 Å². The average molecular weight is 245 g/mol. The first-order chi connectivity index (χ1) is 8.79. The SMILES string of the molecule is COC(=O)c1ccc(NCc2ccncn2)nn1. The van der Waals surface area contributed by atoms with Crippen LogP contribution in [0.25, 0.3) is 0 Å². The summed E-state index contributed by atoms with van der Waals surface area (Å²) in [6, 6.07) is 4.99. The zero-order valence-electron chi connectivity index (χ0n) is 9.70. The van der Waals surface area contributed by atoms with Crippen molar-refractivity contribution in [1.82, 2.24) is 20.2 Å². The Morgan fingerprint density at radius 1 is 1.33 bits per heavy atom. The minimum absolute atomic E-state index is 0.171. The number of rotatable bonds is 4. The van der Waals surface area contributed by atoms with E-state index in [1.807, 2.05) is 0 Å². The minimum Gasteiger partial charge on any atom is -0.464 e. The van der Waals surface area contributed by atoms with Gasteiger partial charge in [0.05, 0.1) is 19.3 Å². The first kappa shape index (κ1) is 11.9. The Morgan fingerprint density at radius 3 is 2.83 bits per heavy atom. The van der Waals surface area contributed by atoms with Crippen molar-refractivity contribution in [2.75, 3.05) is 12.4 Å². The number of methoxy groups -OCH3 is 1. The van der Waals surface area contributed by atoms with Gasteiger partial charge in [-0.3, -0.25) is 0 Å². The third-order valence-electron chi connectivity index (χ3n) is 2.15. The number of hydrogen-bond acceptors (Lipinski definition) is 7. The van der Waals surface area contributed by atoms with Crippen molar-refractivity contribution < 1.29 is 9.53 Å². The second-order valence-corrected chi connectivity index (χ2v) is 3.35. The van der Waals surface area contributed by atoms with Gasteiger partial charge in [-0.2, -0.15) is 0 Å². The van der Waals surface area contributed by atoms with Gasteiger partial charge in [0, 0.05) is 6.20 Å². The lowest BCUT2D eigenvalue weighted by atomic mass is 10.3. The number of carbonyl (C=O) groups is 1. The summed E-state index contributed by atoms with van der Waals surface area (Å²) >= 11 is 0. The third-order valence-corrected chi connectivity index (χ3v) is 2.15. The number of nitrogens with zero attached hydrogens (tertiary/aromatic N) is 4. The van der Waals surface area contributed by atoms with E-state index in [1.165, 1.54) is 13.4 Å². The van der Waals surface area contributed by atoms with Gasteiger partial charge < -0.3 is 10.1 Å². The fraction of sp³-hybridized carbons (Fsp3) is 0.182. The zero-order chi connectivity index (χ0) is 12.8. The van der Waals surface area contributed by atoms with Crippen LogP contribution in [0.15, 0.2) is 30.7 Å². The van der Waals surface area contributed by atoms with Crippen LogP contribution in [0.5, 0.6) is 0 Å². The van der Waals surface area contributed by atoms with Gasteiger partial charge >= 0.3 is 5.97 Å². The average Bonchev–Trinajstić information content (AvgIpc) is 2.46. The Morgan fingerprint density at radius 2 is 2.22 bits per heavy atom. The largest absolute Gasteiger partial charge is 0.464 e. The van der Waals surface area contributed by atoms with Crippen molar-refractivity contribution in [3.05, 3.63) is 42.1 Å². The lowest BCUT2D eigenvalue weighted by Crippen LogP contribution is -2.08. The van der Waals surface area contributed by atoms with E-state index >= 15 is 0 Å². The molecular weight excluding hydrogens is 234 g/mol. The van der Waals surface area contributed by atoms with E-state index in [0.717, 1.165) is 5.69 Å². The normalized spacial score (nSPS) is 9.83. The minimum atomic E-state index is -0.509. The van der Waals surface area contributed by atoms with Gasteiger partial charge in [-0.25, -0.2) is 14.8 Å². The van der Waals surface area contributed by atoms with E-state index < -0.39 is 5.97 Å². The molecule has 7 nitrogen and oxygen atoms in total. The molecule has 0 aromatic carbocycles. The highest BCUT2D eigenvalue weighted by atomic mass is 16.5. The van der Waals surface area contributed by atoms with Crippen LogP contribution < -0.4 is 5.32 Å². The maximum atomic E-state index is 11.1. The molecule has 18 heavy (non-hydrogen) atoms. The first-order valence-corrected chi connectivity index (χ1v) is 5.20. The van der Waals surface area contributed by atoms with Gasteiger partial charge in [-0.05, 0) is 18.2 Å². The highest BCUT2D eigenvalue weighted by Gasteiger charge is 2.07. The molecule has 92 valence electrons. The van der Waals surface area contributed by atoms with Gasteiger partial charge in [0.2, 0.25) is 0 Å². The number of esters is 1. The summed E-state index contributed by atoms with van der Waals surface area (Å²) in [5.41, 5.74) is 1.01. The number of carbonyl (C=O) groups excluding carboxylic acids is 1. The Labute approximate surface area is 103 Å². The van der Waals surface area contributed by atoms with E-state index in [0.29, 0.717) is 12.4 Å². The number of ether oxygens (including phenoxy) is 1. The van der Waals surface area contributed by atoms with Crippen molar-refractivity contribution in [3.8, 4) is 0 Å². The molecule has 0 radical (unpaired) electrons. The standard InChI is InChI=1S/C11H11N5O2/c1-18-11(17)9-2-3-10(16-15-9)13-6-8-4-5-12-7-14-8/h2-5,7H,6H2,1H3,(H,13,16). The molecule has 0 saturated carbocycles. The molecule has 0 atom stereocenters. The number of anilines is 1. The van der Waals surface area contributed by atoms with Gasteiger partial charge in [0.15, 0.2) is 5.69 Å². The van der Waals surface area contributed by atoms with E-state index in [1.54, 1.807) is 24.4 Å². The monoisotopic (exact) mass is 245 g/mol. The summed E-state index contributed by atoms with van der Waals surface area (Å²) in [6.07, 6.45) is 3.14. The Bertz CT molecular complexity index is 515. The maximum Gasteiger partial charge on any atom is 0.358 e. The molecule has 0 aliphatic heterocycles. The Hall–Kier alpha value is -2.57. The second-order valence-electron chi connectivity index (χ2n) is 3.35. The van der Waals surface area contributed by atoms with Crippen LogP contribution in [0, 0.1) is 0 Å². The van der Waals surface area contributed by atoms with Crippen molar-refractivity contribution in [2.45, 2.75) is 6.54 Å². The molecule has 0 aliphatic carbocycles. The summed E-state index contributed by atoms with van der Waals surface area (Å²) in [5.74, 6) is 0.0473. The van der Waals surface area contributed by atoms with Gasteiger partial charge in [-0.15, -0.1) is 10.2 Å². The third kappa shape index (κ3) is 2.97. The molecule has 2 aromatic rings. The lowest BCUT2D eigenvalue weighted by molar-refractivity contribution is 0.0593. The smallest absolute Gasteiger partial charge is 0.358 e. The van der Waals surface area contributed by atoms with Crippen LogP contribution in [0.3, 0.4) is 0 Å². The molecule has 0 spiro atoms. The Kier molecular flexibility index (Phi) is 3.75. The summed E-state index contributed by atoms with van der Waals surface area (Å²) in [6.45, 7) is 0.509. The van der Waals surface area contributed by atoms with E-state index in [2.05, 4.69) is 30.2 Å². The number of nitrogens with one attached hydrogen (secondary N) is 1. The van der Waals surface area contributed by atoms with Crippen LogP contribution in [0.1, 0.15) is 16.2 Å². The van der Waals surface area contributed by atoms with Crippen molar-refractivity contribution in [3.63, 3.8) is 0 Å². The highest BCUT2D eigenvalue weighted by Crippen LogP contribution is 2.04. The van der Waals surface area contributed by atoms with Gasteiger partial charge in [0.1, 0.15) is 12.1 Å². The topological polar surface area (TPSA) is 89.9 Å². The van der Waals surface area contributed by atoms with Crippen molar-refractivity contribution >= 4 is 11.8 Å². The van der Waals surface area contributed by atoms with E-state index in [4.69, 9.17) is 0 Å². The second kappa shape index (κ2) is 5.67. The molecule has 0 saturated heterocycles. The molecule has 0 aliphatic rings. The molecule has 1 N–H and O–H groups in total. The molecular formula is C11H11N5O2. The molecule has 2 heterocycles. The highest BCUT2D eigenvalue weighted by molar-refractivity contribution is 5.86. The zero-order valence-corrected chi connectivity index (χ0v) is 9.70. The molecule has 0 fully saturated rings. The molecule has 2 rings (SSSR count). The predicted octanol–water partition coefficient (Wildman–Crippen LogP) is 0.665. The van der Waals surface area contributed by atoms with Gasteiger partial charge in [0.25, 0.3) is 0 Å². The lowest BCUT2D eigenvalue weighted by Gasteiger charge is -2.04. The molecule has 7 heteroatoms. The fourth-order valence-corrected chi connectivity index (χ4v) is 1.24. The fourth-order valence-electron chi connectivity index (χ4n) is 1.24. The first-order valence-electron chi connectivity index (χ1n) is 5.20. The molecule has 0 bridgehead atoms. The summed E-state index contributed by atoms with van der Waals surface area (Å²) in [4.78, 5) is 19.0. The molecule has 0 amide bonds. The van der Waals surface area contributed by atoms with E-state index in [-0.39, 0.29) is 5.69 Å². The Balaban J connectivity index is 1.97. The van der Waals surface area contributed by atoms with Crippen LogP contribution in [-0.4, -0.2) is 33.2 Å². The van der Waals surface area contributed by atoms with Crippen LogP contribution >= 0.6 is 0 Å². The number of hydrogen-bond donors (Lipinski definition) is 1. The molecule has 0 unspecified atom stereocenters. The maximum absolute atomic E-state index is 11.1. The van der Waals surface area contributed by atoms with Crippen LogP contribution in [0.4, 0.5) is 5.82 Å². The summed E-state index contributed by atoms with van der Waals surface area (Å²) in [5, 5.41) is 10.6.